The van der Waals surface area contributed by atoms with Gasteiger partial charge in [0.15, 0.2) is 0 Å². The zero-order valence-corrected chi connectivity index (χ0v) is 10.2. The van der Waals surface area contributed by atoms with Gasteiger partial charge in [-0.1, -0.05) is 0 Å². The number of methoxy groups -OCH3 is 1. The Morgan fingerprint density at radius 1 is 1.44 bits per heavy atom. The lowest BCUT2D eigenvalue weighted by atomic mass is 9.85. The Hall–Kier alpha value is -0.160. The second kappa shape index (κ2) is 5.96. The van der Waals surface area contributed by atoms with Crippen LogP contribution in [0.15, 0.2) is 0 Å². The molecule has 16 heavy (non-hydrogen) atoms. The van der Waals surface area contributed by atoms with Crippen molar-refractivity contribution in [2.24, 2.45) is 5.92 Å². The minimum atomic E-state index is 0.0475. The molecule has 0 aromatic carbocycles. The Bertz CT molecular complexity index is 204. The number of hydrogen-bond donors (Lipinski definition) is 1. The highest BCUT2D eigenvalue weighted by atomic mass is 16.6. The van der Waals surface area contributed by atoms with Gasteiger partial charge in [0.1, 0.15) is 0 Å². The first-order chi connectivity index (χ1) is 7.85. The normalized spacial score (nSPS) is 34.7. The first-order valence-electron chi connectivity index (χ1n) is 6.26. The van der Waals surface area contributed by atoms with Gasteiger partial charge in [-0.15, -0.1) is 0 Å². The van der Waals surface area contributed by atoms with Gasteiger partial charge in [-0.25, -0.2) is 0 Å². The van der Waals surface area contributed by atoms with Crippen LogP contribution in [0.5, 0.6) is 0 Å². The summed E-state index contributed by atoms with van der Waals surface area (Å²) in [4.78, 5) is 0. The van der Waals surface area contributed by atoms with Gasteiger partial charge in [-0.3, -0.25) is 0 Å². The first kappa shape index (κ1) is 12.3. The lowest BCUT2D eigenvalue weighted by Gasteiger charge is -2.37. The van der Waals surface area contributed by atoms with Crippen molar-refractivity contribution in [3.63, 3.8) is 0 Å². The highest BCUT2D eigenvalue weighted by Gasteiger charge is 2.40. The highest BCUT2D eigenvalue weighted by Crippen LogP contribution is 2.35. The molecule has 0 aromatic heterocycles. The fourth-order valence-electron chi connectivity index (χ4n) is 2.65. The molecular formula is C12H23NO3. The number of rotatable bonds is 5. The largest absolute Gasteiger partial charge is 0.383 e. The fraction of sp³-hybridized carbons (Fsp3) is 1.00. The Kier molecular flexibility index (Phi) is 4.58. The van der Waals surface area contributed by atoms with E-state index >= 15 is 0 Å². The van der Waals surface area contributed by atoms with Crippen LogP contribution in [0.2, 0.25) is 0 Å². The van der Waals surface area contributed by atoms with Crippen LogP contribution in [0, 0.1) is 5.92 Å². The van der Waals surface area contributed by atoms with E-state index in [1.165, 1.54) is 6.42 Å². The maximum absolute atomic E-state index is 5.91. The topological polar surface area (TPSA) is 39.7 Å². The van der Waals surface area contributed by atoms with E-state index in [0.717, 1.165) is 58.3 Å². The molecule has 2 rings (SSSR count). The second-order valence-electron chi connectivity index (χ2n) is 4.89. The second-order valence-corrected chi connectivity index (χ2v) is 4.89. The van der Waals surface area contributed by atoms with Gasteiger partial charge >= 0.3 is 0 Å². The zero-order valence-electron chi connectivity index (χ0n) is 10.2. The van der Waals surface area contributed by atoms with Gasteiger partial charge in [-0.2, -0.15) is 0 Å². The van der Waals surface area contributed by atoms with Gasteiger partial charge in [0.05, 0.1) is 18.8 Å². The Morgan fingerprint density at radius 3 is 3.12 bits per heavy atom. The molecule has 4 nitrogen and oxygen atoms in total. The molecule has 2 aliphatic rings. The summed E-state index contributed by atoms with van der Waals surface area (Å²) in [5.41, 5.74) is 0.0475. The van der Waals surface area contributed by atoms with Crippen LogP contribution in [0.4, 0.5) is 0 Å². The van der Waals surface area contributed by atoms with E-state index in [1.54, 1.807) is 7.11 Å². The monoisotopic (exact) mass is 229 g/mol. The van der Waals surface area contributed by atoms with Gasteiger partial charge < -0.3 is 19.5 Å². The fourth-order valence-corrected chi connectivity index (χ4v) is 2.65. The predicted molar refractivity (Wildman–Crippen MR) is 61.6 cm³/mol. The third-order valence-electron chi connectivity index (χ3n) is 3.58. The lowest BCUT2D eigenvalue weighted by molar-refractivity contribution is -0.0973. The molecule has 0 saturated carbocycles. The SMILES string of the molecule is COCCNCC1CCOC2(CCOC2)C1. The van der Waals surface area contributed by atoms with Gasteiger partial charge in [0.2, 0.25) is 0 Å². The van der Waals surface area contributed by atoms with E-state index in [4.69, 9.17) is 14.2 Å². The molecule has 2 heterocycles. The molecular weight excluding hydrogens is 206 g/mol. The van der Waals surface area contributed by atoms with Gasteiger partial charge in [0, 0.05) is 33.3 Å². The van der Waals surface area contributed by atoms with Crippen molar-refractivity contribution in [1.29, 1.82) is 0 Å². The molecule has 2 aliphatic heterocycles. The van der Waals surface area contributed by atoms with Crippen LogP contribution in [0.3, 0.4) is 0 Å². The number of nitrogens with one attached hydrogen (secondary N) is 1. The Labute approximate surface area is 97.6 Å². The lowest BCUT2D eigenvalue weighted by Crippen LogP contribution is -2.43. The van der Waals surface area contributed by atoms with Crippen LogP contribution >= 0.6 is 0 Å². The first-order valence-corrected chi connectivity index (χ1v) is 6.26. The van der Waals surface area contributed by atoms with Gasteiger partial charge in [0.25, 0.3) is 0 Å². The van der Waals surface area contributed by atoms with Crippen LogP contribution in [-0.2, 0) is 14.2 Å². The molecule has 0 bridgehead atoms. The summed E-state index contributed by atoms with van der Waals surface area (Å²) in [5, 5.41) is 3.44. The Balaban J connectivity index is 1.70. The summed E-state index contributed by atoms with van der Waals surface area (Å²) in [6.07, 6.45) is 3.39. The zero-order chi connectivity index (χ0) is 11.3. The van der Waals surface area contributed by atoms with E-state index in [1.807, 2.05) is 0 Å². The van der Waals surface area contributed by atoms with E-state index in [0.29, 0.717) is 0 Å². The molecule has 2 atom stereocenters. The molecule has 0 aromatic rings. The van der Waals surface area contributed by atoms with E-state index in [2.05, 4.69) is 5.32 Å². The molecule has 0 radical (unpaired) electrons. The molecule has 0 amide bonds. The van der Waals surface area contributed by atoms with Crippen LogP contribution < -0.4 is 5.32 Å². The van der Waals surface area contributed by atoms with Crippen molar-refractivity contribution in [2.75, 3.05) is 46.6 Å². The minimum absolute atomic E-state index is 0.0475. The smallest absolute Gasteiger partial charge is 0.0939 e. The van der Waals surface area contributed by atoms with Crippen molar-refractivity contribution < 1.29 is 14.2 Å². The molecule has 2 saturated heterocycles. The Morgan fingerprint density at radius 2 is 2.38 bits per heavy atom. The van der Waals surface area contributed by atoms with Gasteiger partial charge in [-0.05, 0) is 25.3 Å². The van der Waals surface area contributed by atoms with E-state index in [-0.39, 0.29) is 5.60 Å². The molecule has 94 valence electrons. The average molecular weight is 229 g/mol. The highest BCUT2D eigenvalue weighted by molar-refractivity contribution is 4.90. The third-order valence-corrected chi connectivity index (χ3v) is 3.58. The van der Waals surface area contributed by atoms with Crippen LogP contribution in [-0.4, -0.2) is 52.2 Å². The minimum Gasteiger partial charge on any atom is -0.383 e. The summed E-state index contributed by atoms with van der Waals surface area (Å²) in [6.45, 7) is 5.36. The maximum atomic E-state index is 5.91. The number of hydrogen-bond acceptors (Lipinski definition) is 4. The van der Waals surface area contributed by atoms with Crippen molar-refractivity contribution in [1.82, 2.24) is 5.32 Å². The third kappa shape index (κ3) is 3.17. The van der Waals surface area contributed by atoms with E-state index in [9.17, 15) is 0 Å². The molecule has 1 N–H and O–H groups in total. The molecule has 0 aliphatic carbocycles. The molecule has 2 fully saturated rings. The van der Waals surface area contributed by atoms with E-state index < -0.39 is 0 Å². The molecule has 4 heteroatoms. The molecule has 2 unspecified atom stereocenters. The maximum Gasteiger partial charge on any atom is 0.0939 e. The summed E-state index contributed by atoms with van der Waals surface area (Å²) in [5.74, 6) is 0.729. The summed E-state index contributed by atoms with van der Waals surface area (Å²) < 4.78 is 16.4. The van der Waals surface area contributed by atoms with Crippen molar-refractivity contribution in [3.8, 4) is 0 Å². The van der Waals surface area contributed by atoms with Crippen molar-refractivity contribution >= 4 is 0 Å². The standard InChI is InChI=1S/C12H23NO3/c1-14-7-4-13-9-11-2-5-16-12(8-11)3-6-15-10-12/h11,13H,2-10H2,1H3. The van der Waals surface area contributed by atoms with Crippen molar-refractivity contribution in [2.45, 2.75) is 24.9 Å². The summed E-state index contributed by atoms with van der Waals surface area (Å²) >= 11 is 0. The number of ether oxygens (including phenoxy) is 3. The average Bonchev–Trinajstić information content (AvgIpc) is 2.73. The van der Waals surface area contributed by atoms with Crippen LogP contribution in [0.25, 0.3) is 0 Å². The van der Waals surface area contributed by atoms with Crippen molar-refractivity contribution in [3.05, 3.63) is 0 Å². The predicted octanol–water partition coefficient (Wildman–Crippen LogP) is 0.808. The quantitative estimate of drug-likeness (QED) is 0.708. The summed E-state index contributed by atoms with van der Waals surface area (Å²) in [6, 6.07) is 0. The molecule has 1 spiro atoms. The summed E-state index contributed by atoms with van der Waals surface area (Å²) in [7, 11) is 1.74. The van der Waals surface area contributed by atoms with Crippen LogP contribution in [0.1, 0.15) is 19.3 Å².